The van der Waals surface area contributed by atoms with E-state index >= 15 is 0 Å². The number of benzene rings is 1. The van der Waals surface area contributed by atoms with Crippen LogP contribution in [0.25, 0.3) is 0 Å². The molecule has 1 aromatic heterocycles. The highest BCUT2D eigenvalue weighted by molar-refractivity contribution is 6.09. The third-order valence-electron chi connectivity index (χ3n) is 2.99. The van der Waals surface area contributed by atoms with Gasteiger partial charge in [-0.15, -0.1) is 0 Å². The molecular weight excluding hydrogens is 259 g/mol. The van der Waals surface area contributed by atoms with Crippen molar-refractivity contribution in [2.45, 2.75) is 26.8 Å². The zero-order chi connectivity index (χ0) is 14.9. The molecule has 106 valence electrons. The molecule has 4 nitrogen and oxygen atoms in total. The molecule has 1 aromatic carbocycles. The first kappa shape index (κ1) is 14.2. The van der Waals surface area contributed by atoms with Crippen LogP contribution in [0.4, 0.5) is 4.39 Å². The molecule has 0 spiro atoms. The Morgan fingerprint density at radius 3 is 2.60 bits per heavy atom. The van der Waals surface area contributed by atoms with Crippen LogP contribution in [-0.4, -0.2) is 22.7 Å². The number of halogens is 1. The molecule has 0 aliphatic heterocycles. The second-order valence-electron chi connectivity index (χ2n) is 4.95. The largest absolute Gasteiger partial charge is 0.493 e. The quantitative estimate of drug-likeness (QED) is 0.806. The summed E-state index contributed by atoms with van der Waals surface area (Å²) >= 11 is 0. The predicted octanol–water partition coefficient (Wildman–Crippen LogP) is 3.15. The lowest BCUT2D eigenvalue weighted by Gasteiger charge is -2.11. The molecule has 0 aliphatic rings. The molecule has 0 aliphatic carbocycles. The van der Waals surface area contributed by atoms with Crippen LogP contribution >= 0.6 is 0 Å². The molecular formula is C15H17FN2O2. The van der Waals surface area contributed by atoms with Crippen LogP contribution in [0.5, 0.6) is 5.75 Å². The number of aryl methyl sites for hydroxylation is 1. The van der Waals surface area contributed by atoms with Gasteiger partial charge >= 0.3 is 0 Å². The SMILES string of the molecule is COc1cnn(C(C)C)c1C(=O)c1cc(C)cc(F)c1. The number of nitrogens with zero attached hydrogens (tertiary/aromatic N) is 2. The van der Waals surface area contributed by atoms with Gasteiger partial charge in [0.25, 0.3) is 0 Å². The van der Waals surface area contributed by atoms with Crippen molar-refractivity contribution in [1.29, 1.82) is 0 Å². The molecule has 0 N–H and O–H groups in total. The van der Waals surface area contributed by atoms with E-state index in [2.05, 4.69) is 5.10 Å². The smallest absolute Gasteiger partial charge is 0.214 e. The van der Waals surface area contributed by atoms with Crippen LogP contribution in [0.3, 0.4) is 0 Å². The van der Waals surface area contributed by atoms with E-state index in [4.69, 9.17) is 4.74 Å². The fourth-order valence-corrected chi connectivity index (χ4v) is 2.11. The lowest BCUT2D eigenvalue weighted by atomic mass is 10.0. The summed E-state index contributed by atoms with van der Waals surface area (Å²) in [6.45, 7) is 5.58. The summed E-state index contributed by atoms with van der Waals surface area (Å²) in [4.78, 5) is 12.6. The van der Waals surface area contributed by atoms with Gasteiger partial charge in [0.15, 0.2) is 11.4 Å². The zero-order valence-electron chi connectivity index (χ0n) is 12.0. The highest BCUT2D eigenvalue weighted by Crippen LogP contribution is 2.24. The van der Waals surface area contributed by atoms with Crippen molar-refractivity contribution < 1.29 is 13.9 Å². The molecule has 20 heavy (non-hydrogen) atoms. The van der Waals surface area contributed by atoms with Gasteiger partial charge in [0, 0.05) is 11.6 Å². The average Bonchev–Trinajstić information content (AvgIpc) is 2.80. The molecule has 0 unspecified atom stereocenters. The van der Waals surface area contributed by atoms with Crippen LogP contribution < -0.4 is 4.74 Å². The third kappa shape index (κ3) is 2.57. The highest BCUT2D eigenvalue weighted by atomic mass is 19.1. The molecule has 2 rings (SSSR count). The predicted molar refractivity (Wildman–Crippen MR) is 73.7 cm³/mol. The van der Waals surface area contributed by atoms with Crippen molar-refractivity contribution in [3.63, 3.8) is 0 Å². The maximum absolute atomic E-state index is 13.5. The molecule has 0 bridgehead atoms. The van der Waals surface area contributed by atoms with E-state index in [9.17, 15) is 9.18 Å². The van der Waals surface area contributed by atoms with Crippen molar-refractivity contribution in [1.82, 2.24) is 9.78 Å². The number of aromatic nitrogens is 2. The standard InChI is InChI=1S/C15H17FN2O2/c1-9(2)18-14(13(20-4)8-17-18)15(19)11-5-10(3)6-12(16)7-11/h5-9H,1-4H3. The summed E-state index contributed by atoms with van der Waals surface area (Å²) in [5.74, 6) is -0.329. The highest BCUT2D eigenvalue weighted by Gasteiger charge is 2.22. The van der Waals surface area contributed by atoms with Crippen LogP contribution in [-0.2, 0) is 0 Å². The Morgan fingerprint density at radius 2 is 2.05 bits per heavy atom. The van der Waals surface area contributed by atoms with E-state index in [1.54, 1.807) is 17.7 Å². The number of ether oxygens (including phenoxy) is 1. The average molecular weight is 276 g/mol. The second kappa shape index (κ2) is 5.45. The Kier molecular flexibility index (Phi) is 3.88. The number of carbonyl (C=O) groups excluding carboxylic acids is 1. The van der Waals surface area contributed by atoms with E-state index < -0.39 is 5.82 Å². The van der Waals surface area contributed by atoms with Gasteiger partial charge < -0.3 is 4.74 Å². The van der Waals surface area contributed by atoms with Crippen LogP contribution in [0.15, 0.2) is 24.4 Å². The van der Waals surface area contributed by atoms with Gasteiger partial charge in [-0.1, -0.05) is 0 Å². The molecule has 2 aromatic rings. The van der Waals surface area contributed by atoms with Crippen molar-refractivity contribution in [2.75, 3.05) is 7.11 Å². The minimum atomic E-state index is -0.428. The summed E-state index contributed by atoms with van der Waals surface area (Å²) in [7, 11) is 1.48. The van der Waals surface area contributed by atoms with Gasteiger partial charge in [-0.05, 0) is 44.5 Å². The Hall–Kier alpha value is -2.17. The van der Waals surface area contributed by atoms with Gasteiger partial charge in [-0.2, -0.15) is 5.10 Å². The molecule has 0 amide bonds. The topological polar surface area (TPSA) is 44.1 Å². The minimum absolute atomic E-state index is 0.00695. The van der Waals surface area contributed by atoms with Gasteiger partial charge in [-0.25, -0.2) is 4.39 Å². The number of carbonyl (C=O) groups is 1. The van der Waals surface area contributed by atoms with Gasteiger partial charge in [0.2, 0.25) is 5.78 Å². The van der Waals surface area contributed by atoms with E-state index in [0.717, 1.165) is 0 Å². The van der Waals surface area contributed by atoms with Crippen LogP contribution in [0, 0.1) is 12.7 Å². The maximum atomic E-state index is 13.5. The van der Waals surface area contributed by atoms with Crippen molar-refractivity contribution in [3.8, 4) is 5.75 Å². The molecule has 0 atom stereocenters. The molecule has 5 heteroatoms. The Morgan fingerprint density at radius 1 is 1.35 bits per heavy atom. The summed E-state index contributed by atoms with van der Waals surface area (Å²) in [5, 5.41) is 4.16. The summed E-state index contributed by atoms with van der Waals surface area (Å²) in [6, 6.07) is 4.27. The van der Waals surface area contributed by atoms with Crippen molar-refractivity contribution >= 4 is 5.78 Å². The zero-order valence-corrected chi connectivity index (χ0v) is 12.0. The van der Waals surface area contributed by atoms with Gasteiger partial charge in [0.1, 0.15) is 5.82 Å². The first-order valence-electron chi connectivity index (χ1n) is 6.37. The van der Waals surface area contributed by atoms with Gasteiger partial charge in [0.05, 0.1) is 13.3 Å². The fourth-order valence-electron chi connectivity index (χ4n) is 2.11. The third-order valence-corrected chi connectivity index (χ3v) is 2.99. The lowest BCUT2D eigenvalue weighted by Crippen LogP contribution is -2.14. The van der Waals surface area contributed by atoms with Crippen molar-refractivity contribution in [2.24, 2.45) is 0 Å². The van der Waals surface area contributed by atoms with E-state index in [1.807, 2.05) is 13.8 Å². The number of hydrogen-bond donors (Lipinski definition) is 0. The molecule has 1 heterocycles. The van der Waals surface area contributed by atoms with Crippen LogP contribution in [0.2, 0.25) is 0 Å². The fraction of sp³-hybridized carbons (Fsp3) is 0.333. The second-order valence-corrected chi connectivity index (χ2v) is 4.95. The Balaban J connectivity index is 2.55. The molecule has 0 fully saturated rings. The van der Waals surface area contributed by atoms with Crippen LogP contribution in [0.1, 0.15) is 41.5 Å². The first-order valence-corrected chi connectivity index (χ1v) is 6.37. The van der Waals surface area contributed by atoms with E-state index in [-0.39, 0.29) is 11.8 Å². The van der Waals surface area contributed by atoms with Gasteiger partial charge in [-0.3, -0.25) is 9.48 Å². The molecule has 0 radical (unpaired) electrons. The molecule has 0 saturated carbocycles. The van der Waals surface area contributed by atoms with E-state index in [1.165, 1.54) is 25.4 Å². The monoisotopic (exact) mass is 276 g/mol. The summed E-state index contributed by atoms with van der Waals surface area (Å²) in [6.07, 6.45) is 1.50. The maximum Gasteiger partial charge on any atom is 0.214 e. The normalized spacial score (nSPS) is 10.9. The van der Waals surface area contributed by atoms with Crippen molar-refractivity contribution in [3.05, 3.63) is 47.0 Å². The summed E-state index contributed by atoms with van der Waals surface area (Å²) < 4.78 is 20.2. The minimum Gasteiger partial charge on any atom is -0.493 e. The Bertz CT molecular complexity index is 627. The lowest BCUT2D eigenvalue weighted by molar-refractivity contribution is 0.102. The number of rotatable bonds is 4. The number of methoxy groups -OCH3 is 1. The van der Waals surface area contributed by atoms with E-state index in [0.29, 0.717) is 22.6 Å². The first-order chi connectivity index (χ1) is 9.43. The Labute approximate surface area is 117 Å². The molecule has 0 saturated heterocycles. The summed E-state index contributed by atoms with van der Waals surface area (Å²) in [5.41, 5.74) is 1.33. The number of hydrogen-bond acceptors (Lipinski definition) is 3. The number of ketones is 1.